The third-order valence-electron chi connectivity index (χ3n) is 6.18. The first-order valence-corrected chi connectivity index (χ1v) is 9.46. The highest BCUT2D eigenvalue weighted by Crippen LogP contribution is 2.47. The van der Waals surface area contributed by atoms with Gasteiger partial charge in [0.15, 0.2) is 0 Å². The molecule has 128 valence electrons. The van der Waals surface area contributed by atoms with Crippen LogP contribution in [0.5, 0.6) is 0 Å². The van der Waals surface area contributed by atoms with E-state index in [9.17, 15) is 4.39 Å². The molecule has 0 bridgehead atoms. The van der Waals surface area contributed by atoms with Crippen molar-refractivity contribution >= 4 is 0 Å². The molecule has 4 rings (SSSR count). The molecule has 2 fully saturated rings. The first-order chi connectivity index (χ1) is 12.2. The number of rotatable bonds is 3. The van der Waals surface area contributed by atoms with E-state index in [2.05, 4.69) is 24.3 Å². The smallest absolute Gasteiger partial charge is 0.141 e. The van der Waals surface area contributed by atoms with E-state index >= 15 is 0 Å². The van der Waals surface area contributed by atoms with E-state index in [0.29, 0.717) is 11.5 Å². The number of hydrogen-bond acceptors (Lipinski definition) is 1. The highest BCUT2D eigenvalue weighted by atomic mass is 19.1. The number of benzene rings is 2. The Hall–Kier alpha value is -2.14. The minimum absolute atomic E-state index is 0.146. The number of halogens is 1. The van der Waals surface area contributed by atoms with Crippen molar-refractivity contribution in [1.82, 2.24) is 0 Å². The Bertz CT molecular complexity index is 780. The lowest BCUT2D eigenvalue weighted by atomic mass is 9.77. The molecule has 0 unspecified atom stereocenters. The Morgan fingerprint density at radius 1 is 0.880 bits per heavy atom. The molecule has 0 atom stereocenters. The van der Waals surface area contributed by atoms with E-state index in [1.165, 1.54) is 50.2 Å². The summed E-state index contributed by atoms with van der Waals surface area (Å²) in [7, 11) is 0. The predicted molar refractivity (Wildman–Crippen MR) is 98.7 cm³/mol. The van der Waals surface area contributed by atoms with Gasteiger partial charge in [-0.05, 0) is 97.6 Å². The number of nitrogens with zero attached hydrogens (tertiary/aromatic N) is 1. The zero-order valence-corrected chi connectivity index (χ0v) is 14.8. The van der Waals surface area contributed by atoms with Crippen LogP contribution in [0.4, 0.5) is 4.39 Å². The highest BCUT2D eigenvalue weighted by molar-refractivity contribution is 5.66. The van der Waals surface area contributed by atoms with Crippen molar-refractivity contribution in [3.63, 3.8) is 0 Å². The Morgan fingerprint density at radius 3 is 2.00 bits per heavy atom. The third-order valence-corrected chi connectivity index (χ3v) is 6.18. The van der Waals surface area contributed by atoms with Crippen molar-refractivity contribution in [3.8, 4) is 17.2 Å². The summed E-state index contributed by atoms with van der Waals surface area (Å²) in [5.74, 6) is 2.28. The number of nitriles is 1. The van der Waals surface area contributed by atoms with Gasteiger partial charge in [0.05, 0.1) is 5.56 Å². The topological polar surface area (TPSA) is 23.8 Å². The molecule has 2 aromatic carbocycles. The molecule has 2 aliphatic carbocycles. The van der Waals surface area contributed by atoms with E-state index in [1.807, 2.05) is 12.1 Å². The fraction of sp³-hybridized carbons (Fsp3) is 0.435. The van der Waals surface area contributed by atoms with Crippen LogP contribution in [-0.4, -0.2) is 0 Å². The summed E-state index contributed by atoms with van der Waals surface area (Å²) in [6.07, 6.45) is 8.32. The van der Waals surface area contributed by atoms with Gasteiger partial charge in [-0.3, -0.25) is 0 Å². The van der Waals surface area contributed by atoms with Crippen LogP contribution in [0.25, 0.3) is 11.1 Å². The second kappa shape index (κ2) is 6.64. The molecule has 2 aliphatic rings. The van der Waals surface area contributed by atoms with Crippen LogP contribution in [0.2, 0.25) is 0 Å². The van der Waals surface area contributed by atoms with E-state index in [4.69, 9.17) is 5.26 Å². The van der Waals surface area contributed by atoms with Gasteiger partial charge in [0.1, 0.15) is 11.9 Å². The molecule has 2 saturated carbocycles. The van der Waals surface area contributed by atoms with Gasteiger partial charge >= 0.3 is 0 Å². The molecule has 0 aromatic heterocycles. The first-order valence-electron chi connectivity index (χ1n) is 9.46. The maximum absolute atomic E-state index is 14.1. The standard InChI is InChI=1S/C23H24FN/c1-15-12-21(13-23(24)22(15)14-25)20-10-8-19(9-11-20)18-6-4-17(5-7-18)16-2-3-16/h8-13,16-18H,2-7H2,1H3. The first kappa shape index (κ1) is 16.3. The number of aryl methyl sites for hydroxylation is 1. The summed E-state index contributed by atoms with van der Waals surface area (Å²) in [4.78, 5) is 0. The summed E-state index contributed by atoms with van der Waals surface area (Å²) < 4.78 is 14.1. The van der Waals surface area contributed by atoms with Crippen LogP contribution in [0, 0.1) is 35.9 Å². The van der Waals surface area contributed by atoms with Crippen LogP contribution in [0.1, 0.15) is 61.1 Å². The van der Waals surface area contributed by atoms with Crippen molar-refractivity contribution in [1.29, 1.82) is 5.26 Å². The molecular weight excluding hydrogens is 309 g/mol. The minimum Gasteiger partial charge on any atom is -0.206 e. The zero-order chi connectivity index (χ0) is 17.4. The Morgan fingerprint density at radius 2 is 1.48 bits per heavy atom. The van der Waals surface area contributed by atoms with E-state index in [0.717, 1.165) is 23.0 Å². The molecule has 0 N–H and O–H groups in total. The average Bonchev–Trinajstić information content (AvgIpc) is 3.47. The van der Waals surface area contributed by atoms with Crippen LogP contribution >= 0.6 is 0 Å². The van der Waals surface area contributed by atoms with Crippen LogP contribution in [0.15, 0.2) is 36.4 Å². The molecule has 0 radical (unpaired) electrons. The molecule has 2 aromatic rings. The van der Waals surface area contributed by atoms with Crippen LogP contribution in [0.3, 0.4) is 0 Å². The van der Waals surface area contributed by atoms with Gasteiger partial charge in [-0.25, -0.2) is 4.39 Å². The van der Waals surface area contributed by atoms with Crippen molar-refractivity contribution in [3.05, 3.63) is 58.9 Å². The molecule has 0 heterocycles. The number of hydrogen-bond donors (Lipinski definition) is 0. The second-order valence-corrected chi connectivity index (χ2v) is 7.83. The van der Waals surface area contributed by atoms with E-state index in [1.54, 1.807) is 6.92 Å². The largest absolute Gasteiger partial charge is 0.206 e. The van der Waals surface area contributed by atoms with E-state index in [-0.39, 0.29) is 5.56 Å². The van der Waals surface area contributed by atoms with Crippen molar-refractivity contribution in [2.75, 3.05) is 0 Å². The van der Waals surface area contributed by atoms with Gasteiger partial charge in [-0.1, -0.05) is 24.3 Å². The maximum Gasteiger partial charge on any atom is 0.141 e. The van der Waals surface area contributed by atoms with E-state index < -0.39 is 5.82 Å². The second-order valence-electron chi connectivity index (χ2n) is 7.83. The average molecular weight is 333 g/mol. The van der Waals surface area contributed by atoms with Crippen molar-refractivity contribution in [2.24, 2.45) is 11.8 Å². The lowest BCUT2D eigenvalue weighted by Crippen LogP contribution is -2.14. The molecule has 0 aliphatic heterocycles. The summed E-state index contributed by atoms with van der Waals surface area (Å²) >= 11 is 0. The molecule has 25 heavy (non-hydrogen) atoms. The van der Waals surface area contributed by atoms with Gasteiger partial charge in [0.2, 0.25) is 0 Å². The van der Waals surface area contributed by atoms with Gasteiger partial charge in [-0.2, -0.15) is 5.26 Å². The lowest BCUT2D eigenvalue weighted by molar-refractivity contribution is 0.296. The fourth-order valence-corrected chi connectivity index (χ4v) is 4.49. The fourth-order valence-electron chi connectivity index (χ4n) is 4.49. The quantitative estimate of drug-likeness (QED) is 0.641. The van der Waals surface area contributed by atoms with Crippen LogP contribution < -0.4 is 0 Å². The predicted octanol–water partition coefficient (Wildman–Crippen LogP) is 6.36. The molecule has 1 nitrogen and oxygen atoms in total. The van der Waals surface area contributed by atoms with Gasteiger partial charge < -0.3 is 0 Å². The zero-order valence-electron chi connectivity index (χ0n) is 14.8. The van der Waals surface area contributed by atoms with Gasteiger partial charge in [-0.15, -0.1) is 0 Å². The third kappa shape index (κ3) is 3.33. The van der Waals surface area contributed by atoms with Gasteiger partial charge in [0, 0.05) is 0 Å². The Kier molecular flexibility index (Phi) is 4.34. The summed E-state index contributed by atoms with van der Waals surface area (Å²) in [6, 6.07) is 13.9. The van der Waals surface area contributed by atoms with Crippen LogP contribution in [-0.2, 0) is 0 Å². The molecular formula is C23H24FN. The Labute approximate surface area is 149 Å². The molecule has 2 heteroatoms. The summed E-state index contributed by atoms with van der Waals surface area (Å²) in [5.41, 5.74) is 4.12. The molecule has 0 spiro atoms. The summed E-state index contributed by atoms with van der Waals surface area (Å²) in [5, 5.41) is 9.01. The lowest BCUT2D eigenvalue weighted by Gasteiger charge is -2.29. The monoisotopic (exact) mass is 333 g/mol. The van der Waals surface area contributed by atoms with Crippen molar-refractivity contribution < 1.29 is 4.39 Å². The van der Waals surface area contributed by atoms with Crippen molar-refractivity contribution in [2.45, 2.75) is 51.4 Å². The highest BCUT2D eigenvalue weighted by Gasteiger charge is 2.34. The Balaban J connectivity index is 1.50. The molecule has 0 amide bonds. The summed E-state index contributed by atoms with van der Waals surface area (Å²) in [6.45, 7) is 1.79. The maximum atomic E-state index is 14.1. The minimum atomic E-state index is -0.431. The normalized spacial score (nSPS) is 23.2. The molecule has 0 saturated heterocycles. The SMILES string of the molecule is Cc1cc(-c2ccc(C3CCC(C4CC4)CC3)cc2)cc(F)c1C#N. The van der Waals surface area contributed by atoms with Gasteiger partial charge in [0.25, 0.3) is 0 Å².